The zero-order chi connectivity index (χ0) is 14.2. The number of amides is 2. The summed E-state index contributed by atoms with van der Waals surface area (Å²) in [6.07, 6.45) is 2.09. The van der Waals surface area contributed by atoms with Crippen LogP contribution >= 0.6 is 0 Å². The van der Waals surface area contributed by atoms with Gasteiger partial charge in [-0.05, 0) is 25.2 Å². The minimum absolute atomic E-state index is 0.00935. The summed E-state index contributed by atoms with van der Waals surface area (Å²) in [4.78, 5) is 26.3. The predicted octanol–water partition coefficient (Wildman–Crippen LogP) is 0.927. The summed E-state index contributed by atoms with van der Waals surface area (Å²) in [5.41, 5.74) is -0.276. The molecule has 0 bridgehead atoms. The molecule has 2 heterocycles. The number of hydrogen-bond acceptors (Lipinski definition) is 3. The molecule has 108 valence electrons. The highest BCUT2D eigenvalue weighted by atomic mass is 16.5. The van der Waals surface area contributed by atoms with Crippen LogP contribution in [-0.2, 0) is 14.3 Å². The fourth-order valence-electron chi connectivity index (χ4n) is 2.67. The lowest BCUT2D eigenvalue weighted by Gasteiger charge is -2.42. The standard InChI is InChI=1S/C14H24N2O3/c1-9-12(17)15-11(14(2,3)4)13(18)16(9)8-10-6-5-7-19-10/h9-11H,5-8H2,1-4H3,(H,15,17). The average molecular weight is 268 g/mol. The van der Waals surface area contributed by atoms with E-state index in [4.69, 9.17) is 4.74 Å². The Morgan fingerprint density at radius 2 is 2.05 bits per heavy atom. The molecule has 1 N–H and O–H groups in total. The number of piperazine rings is 1. The van der Waals surface area contributed by atoms with Crippen molar-refractivity contribution in [3.63, 3.8) is 0 Å². The third-order valence-electron chi connectivity index (χ3n) is 3.95. The van der Waals surface area contributed by atoms with Gasteiger partial charge in [-0.1, -0.05) is 20.8 Å². The number of carbonyl (C=O) groups is 2. The smallest absolute Gasteiger partial charge is 0.246 e. The van der Waals surface area contributed by atoms with Crippen molar-refractivity contribution in [3.8, 4) is 0 Å². The van der Waals surface area contributed by atoms with Gasteiger partial charge in [-0.15, -0.1) is 0 Å². The third-order valence-corrected chi connectivity index (χ3v) is 3.95. The first-order valence-corrected chi connectivity index (χ1v) is 7.03. The van der Waals surface area contributed by atoms with Gasteiger partial charge in [0.25, 0.3) is 0 Å². The molecule has 2 aliphatic heterocycles. The summed E-state index contributed by atoms with van der Waals surface area (Å²) in [5.74, 6) is -0.0624. The van der Waals surface area contributed by atoms with Crippen LogP contribution in [0, 0.1) is 5.41 Å². The number of nitrogens with one attached hydrogen (secondary N) is 1. The maximum Gasteiger partial charge on any atom is 0.246 e. The molecule has 0 aromatic carbocycles. The van der Waals surface area contributed by atoms with Gasteiger partial charge >= 0.3 is 0 Å². The largest absolute Gasteiger partial charge is 0.376 e. The summed E-state index contributed by atoms with van der Waals surface area (Å²) in [6, 6.07) is -0.854. The second-order valence-corrected chi connectivity index (χ2v) is 6.61. The lowest BCUT2D eigenvalue weighted by Crippen LogP contribution is -2.66. The Morgan fingerprint density at radius 1 is 1.37 bits per heavy atom. The molecule has 0 saturated carbocycles. The lowest BCUT2D eigenvalue weighted by molar-refractivity contribution is -0.153. The molecule has 2 saturated heterocycles. The Kier molecular flexibility index (Phi) is 3.85. The van der Waals surface area contributed by atoms with Crippen LogP contribution in [0.15, 0.2) is 0 Å². The van der Waals surface area contributed by atoms with E-state index in [1.54, 1.807) is 11.8 Å². The Labute approximate surface area is 114 Å². The second-order valence-electron chi connectivity index (χ2n) is 6.61. The second kappa shape index (κ2) is 5.12. The molecule has 5 heteroatoms. The van der Waals surface area contributed by atoms with Gasteiger partial charge in [0.1, 0.15) is 12.1 Å². The molecule has 2 rings (SSSR count). The first-order valence-electron chi connectivity index (χ1n) is 7.03. The molecule has 0 aliphatic carbocycles. The van der Waals surface area contributed by atoms with Gasteiger partial charge < -0.3 is 15.0 Å². The highest BCUT2D eigenvalue weighted by Crippen LogP contribution is 2.26. The minimum Gasteiger partial charge on any atom is -0.376 e. The first kappa shape index (κ1) is 14.3. The highest BCUT2D eigenvalue weighted by molar-refractivity contribution is 5.97. The number of hydrogen-bond donors (Lipinski definition) is 1. The molecule has 2 fully saturated rings. The van der Waals surface area contributed by atoms with E-state index in [0.717, 1.165) is 19.4 Å². The number of rotatable bonds is 2. The first-order chi connectivity index (χ1) is 8.80. The fourth-order valence-corrected chi connectivity index (χ4v) is 2.67. The van der Waals surface area contributed by atoms with E-state index in [0.29, 0.717) is 6.54 Å². The van der Waals surface area contributed by atoms with Crippen molar-refractivity contribution < 1.29 is 14.3 Å². The van der Waals surface area contributed by atoms with Gasteiger partial charge in [0.15, 0.2) is 0 Å². The maximum absolute atomic E-state index is 12.6. The molecule has 2 aliphatic rings. The van der Waals surface area contributed by atoms with Crippen molar-refractivity contribution in [1.29, 1.82) is 0 Å². The molecule has 0 aromatic heterocycles. The van der Waals surface area contributed by atoms with Crippen LogP contribution in [-0.4, -0.2) is 48.1 Å². The van der Waals surface area contributed by atoms with Crippen molar-refractivity contribution in [2.24, 2.45) is 5.41 Å². The maximum atomic E-state index is 12.6. The van der Waals surface area contributed by atoms with Crippen molar-refractivity contribution >= 4 is 11.8 Å². The van der Waals surface area contributed by atoms with Crippen LogP contribution in [0.1, 0.15) is 40.5 Å². The summed E-state index contributed by atoms with van der Waals surface area (Å²) >= 11 is 0. The Bertz CT molecular complexity index is 369. The molecule has 3 unspecified atom stereocenters. The molecule has 3 atom stereocenters. The minimum atomic E-state index is -0.447. The van der Waals surface area contributed by atoms with Crippen molar-refractivity contribution in [2.45, 2.75) is 58.7 Å². The fraction of sp³-hybridized carbons (Fsp3) is 0.857. The predicted molar refractivity (Wildman–Crippen MR) is 71.5 cm³/mol. The zero-order valence-electron chi connectivity index (χ0n) is 12.2. The Hall–Kier alpha value is -1.10. The van der Waals surface area contributed by atoms with E-state index < -0.39 is 12.1 Å². The summed E-state index contributed by atoms with van der Waals surface area (Å²) in [7, 11) is 0. The summed E-state index contributed by atoms with van der Waals surface area (Å²) < 4.78 is 5.58. The summed E-state index contributed by atoms with van der Waals surface area (Å²) in [5, 5.41) is 2.84. The molecule has 5 nitrogen and oxygen atoms in total. The SMILES string of the molecule is CC1C(=O)NC(C(C)(C)C)C(=O)N1CC1CCCO1. The lowest BCUT2D eigenvalue weighted by atomic mass is 9.84. The van der Waals surface area contributed by atoms with Crippen LogP contribution in [0.5, 0.6) is 0 Å². The number of nitrogens with zero attached hydrogens (tertiary/aromatic N) is 1. The Morgan fingerprint density at radius 3 is 2.58 bits per heavy atom. The van der Waals surface area contributed by atoms with E-state index in [2.05, 4.69) is 5.32 Å². The highest BCUT2D eigenvalue weighted by Gasteiger charge is 2.44. The number of ether oxygens (including phenoxy) is 1. The molecule has 2 amide bonds. The van der Waals surface area contributed by atoms with E-state index in [9.17, 15) is 9.59 Å². The molecule has 19 heavy (non-hydrogen) atoms. The normalized spacial score (nSPS) is 32.6. The monoisotopic (exact) mass is 268 g/mol. The van der Waals surface area contributed by atoms with E-state index >= 15 is 0 Å². The van der Waals surface area contributed by atoms with E-state index in [1.165, 1.54) is 0 Å². The zero-order valence-corrected chi connectivity index (χ0v) is 12.2. The molecule has 0 aromatic rings. The average Bonchev–Trinajstić information content (AvgIpc) is 2.80. The van der Waals surface area contributed by atoms with Crippen LogP contribution < -0.4 is 5.32 Å². The molecule has 0 radical (unpaired) electrons. The van der Waals surface area contributed by atoms with Crippen molar-refractivity contribution in [3.05, 3.63) is 0 Å². The molecular weight excluding hydrogens is 244 g/mol. The van der Waals surface area contributed by atoms with Crippen LogP contribution in [0.4, 0.5) is 0 Å². The van der Waals surface area contributed by atoms with Gasteiger partial charge in [-0.3, -0.25) is 9.59 Å². The topological polar surface area (TPSA) is 58.6 Å². The van der Waals surface area contributed by atoms with Gasteiger partial charge in [0.05, 0.1) is 6.10 Å². The van der Waals surface area contributed by atoms with Crippen LogP contribution in [0.3, 0.4) is 0 Å². The van der Waals surface area contributed by atoms with Gasteiger partial charge in [0.2, 0.25) is 11.8 Å². The Balaban J connectivity index is 2.14. The van der Waals surface area contributed by atoms with Crippen LogP contribution in [0.25, 0.3) is 0 Å². The van der Waals surface area contributed by atoms with Crippen molar-refractivity contribution in [1.82, 2.24) is 10.2 Å². The molecular formula is C14H24N2O3. The van der Waals surface area contributed by atoms with E-state index in [1.807, 2.05) is 20.8 Å². The van der Waals surface area contributed by atoms with Gasteiger partial charge in [-0.25, -0.2) is 0 Å². The van der Waals surface area contributed by atoms with E-state index in [-0.39, 0.29) is 23.3 Å². The third kappa shape index (κ3) is 2.91. The van der Waals surface area contributed by atoms with Gasteiger partial charge in [0, 0.05) is 13.2 Å². The summed E-state index contributed by atoms with van der Waals surface area (Å²) in [6.45, 7) is 8.97. The van der Waals surface area contributed by atoms with Crippen molar-refractivity contribution in [2.75, 3.05) is 13.2 Å². The molecule has 0 spiro atoms. The quantitative estimate of drug-likeness (QED) is 0.810. The number of carbonyl (C=O) groups excluding carboxylic acids is 2. The van der Waals surface area contributed by atoms with Gasteiger partial charge in [-0.2, -0.15) is 0 Å². The van der Waals surface area contributed by atoms with Crippen LogP contribution in [0.2, 0.25) is 0 Å².